The fourth-order valence-electron chi connectivity index (χ4n) is 1.48. The summed E-state index contributed by atoms with van der Waals surface area (Å²) in [5, 5.41) is 0. The van der Waals surface area contributed by atoms with Crippen molar-refractivity contribution in [3.8, 4) is 0 Å². The van der Waals surface area contributed by atoms with Gasteiger partial charge in [0.1, 0.15) is 6.61 Å². The van der Waals surface area contributed by atoms with Crippen molar-refractivity contribution >= 4 is 5.91 Å². The highest BCUT2D eigenvalue weighted by Gasteiger charge is 2.13. The molecule has 1 aromatic heterocycles. The van der Waals surface area contributed by atoms with Crippen molar-refractivity contribution in [1.29, 1.82) is 0 Å². The quantitative estimate of drug-likeness (QED) is 0.677. The third-order valence-electron chi connectivity index (χ3n) is 2.37. The smallest absolute Gasteiger partial charge is 0.249 e. The number of nitrogens with zero attached hydrogens (tertiary/aromatic N) is 2. The molecule has 0 saturated carbocycles. The molecule has 88 valence electrons. The number of hydrogen-bond acceptors (Lipinski definition) is 2. The molecule has 0 aliphatic heterocycles. The number of carbonyl (C=O) groups excluding carboxylic acids is 1. The van der Waals surface area contributed by atoms with Gasteiger partial charge < -0.3 is 14.2 Å². The third kappa shape index (κ3) is 3.24. The maximum atomic E-state index is 11.7. The molecule has 0 atom stereocenters. The average molecular weight is 222 g/mol. The molecule has 1 aromatic rings. The molecule has 0 radical (unpaired) electrons. The van der Waals surface area contributed by atoms with Crippen molar-refractivity contribution in [3.63, 3.8) is 0 Å². The maximum absolute atomic E-state index is 11.7. The van der Waals surface area contributed by atoms with Gasteiger partial charge in [-0.25, -0.2) is 0 Å². The summed E-state index contributed by atoms with van der Waals surface area (Å²) >= 11 is 0. The Labute approximate surface area is 96.1 Å². The molecule has 0 aliphatic carbocycles. The lowest BCUT2D eigenvalue weighted by atomic mass is 10.3. The van der Waals surface area contributed by atoms with Crippen molar-refractivity contribution in [3.05, 3.63) is 36.7 Å². The van der Waals surface area contributed by atoms with Gasteiger partial charge in [-0.05, 0) is 12.1 Å². The summed E-state index contributed by atoms with van der Waals surface area (Å²) in [4.78, 5) is 13.4. The van der Waals surface area contributed by atoms with Gasteiger partial charge in [0.2, 0.25) is 5.91 Å². The maximum Gasteiger partial charge on any atom is 0.249 e. The number of amides is 1. The molecule has 4 nitrogen and oxygen atoms in total. The van der Waals surface area contributed by atoms with E-state index in [4.69, 9.17) is 4.74 Å². The standard InChI is InChI=1S/C12H18N2O2/c1-4-7-14(12(15)10-16-3)9-11-6-5-8-13(11)2/h4-6,8H,1,7,9-10H2,2-3H3. The Bertz CT molecular complexity index is 358. The second-order valence-corrected chi connectivity index (χ2v) is 3.61. The molecule has 1 rings (SSSR count). The zero-order chi connectivity index (χ0) is 12.0. The lowest BCUT2D eigenvalue weighted by molar-refractivity contribution is -0.135. The number of methoxy groups -OCH3 is 1. The van der Waals surface area contributed by atoms with Crippen LogP contribution in [0.3, 0.4) is 0 Å². The number of ether oxygens (including phenoxy) is 1. The SMILES string of the molecule is C=CCN(Cc1cccn1C)C(=O)COC. The predicted octanol–water partition coefficient (Wildman–Crippen LogP) is 1.19. The zero-order valence-electron chi connectivity index (χ0n) is 9.85. The van der Waals surface area contributed by atoms with Crippen molar-refractivity contribution < 1.29 is 9.53 Å². The van der Waals surface area contributed by atoms with E-state index in [1.54, 1.807) is 11.0 Å². The zero-order valence-corrected chi connectivity index (χ0v) is 9.85. The van der Waals surface area contributed by atoms with Gasteiger partial charge in [-0.15, -0.1) is 6.58 Å². The van der Waals surface area contributed by atoms with E-state index in [0.29, 0.717) is 13.1 Å². The van der Waals surface area contributed by atoms with E-state index < -0.39 is 0 Å². The number of aromatic nitrogens is 1. The van der Waals surface area contributed by atoms with E-state index in [-0.39, 0.29) is 12.5 Å². The minimum absolute atomic E-state index is 0.0244. The van der Waals surface area contributed by atoms with Crippen LogP contribution in [-0.4, -0.2) is 35.6 Å². The van der Waals surface area contributed by atoms with Crippen LogP contribution < -0.4 is 0 Å². The molecular formula is C12H18N2O2. The summed E-state index contributed by atoms with van der Waals surface area (Å²) in [6.07, 6.45) is 3.68. The summed E-state index contributed by atoms with van der Waals surface area (Å²) < 4.78 is 6.84. The number of rotatable bonds is 6. The van der Waals surface area contributed by atoms with Gasteiger partial charge in [-0.3, -0.25) is 4.79 Å². The van der Waals surface area contributed by atoms with Gasteiger partial charge in [0.05, 0.1) is 6.54 Å². The molecular weight excluding hydrogens is 204 g/mol. The van der Waals surface area contributed by atoms with E-state index in [1.165, 1.54) is 7.11 Å². The first-order valence-corrected chi connectivity index (χ1v) is 5.17. The van der Waals surface area contributed by atoms with Crippen LogP contribution in [-0.2, 0) is 23.1 Å². The molecule has 0 fully saturated rings. The van der Waals surface area contributed by atoms with Gasteiger partial charge in [0.25, 0.3) is 0 Å². The Morgan fingerprint density at radius 2 is 2.44 bits per heavy atom. The van der Waals surface area contributed by atoms with Crippen LogP contribution in [0, 0.1) is 0 Å². The second-order valence-electron chi connectivity index (χ2n) is 3.61. The topological polar surface area (TPSA) is 34.5 Å². The van der Waals surface area contributed by atoms with Gasteiger partial charge >= 0.3 is 0 Å². The summed E-state index contributed by atoms with van der Waals surface area (Å²) in [5.74, 6) is -0.0244. The van der Waals surface area contributed by atoms with Crippen LogP contribution in [0.5, 0.6) is 0 Å². The Kier molecular flexibility index (Phi) is 4.79. The van der Waals surface area contributed by atoms with E-state index in [0.717, 1.165) is 5.69 Å². The molecule has 0 spiro atoms. The highest BCUT2D eigenvalue weighted by molar-refractivity contribution is 5.77. The molecule has 16 heavy (non-hydrogen) atoms. The molecule has 0 aliphatic rings. The number of aryl methyl sites for hydroxylation is 1. The molecule has 0 saturated heterocycles. The van der Waals surface area contributed by atoms with E-state index in [2.05, 4.69) is 6.58 Å². The first-order valence-electron chi connectivity index (χ1n) is 5.17. The van der Waals surface area contributed by atoms with Crippen LogP contribution in [0.25, 0.3) is 0 Å². The highest BCUT2D eigenvalue weighted by atomic mass is 16.5. The second kappa shape index (κ2) is 6.12. The Hall–Kier alpha value is -1.55. The third-order valence-corrected chi connectivity index (χ3v) is 2.37. The van der Waals surface area contributed by atoms with Crippen molar-refractivity contribution in [2.45, 2.75) is 6.54 Å². The summed E-state index contributed by atoms with van der Waals surface area (Å²) in [6, 6.07) is 3.96. The normalized spacial score (nSPS) is 10.1. The van der Waals surface area contributed by atoms with E-state index in [9.17, 15) is 4.79 Å². The summed E-state index contributed by atoms with van der Waals surface area (Å²) in [6.45, 7) is 4.88. The monoisotopic (exact) mass is 222 g/mol. The lowest BCUT2D eigenvalue weighted by Crippen LogP contribution is -2.34. The van der Waals surface area contributed by atoms with Crippen molar-refractivity contribution in [2.75, 3.05) is 20.3 Å². The minimum atomic E-state index is -0.0244. The average Bonchev–Trinajstić information content (AvgIpc) is 2.64. The Morgan fingerprint density at radius 1 is 1.69 bits per heavy atom. The van der Waals surface area contributed by atoms with Crippen LogP contribution in [0.15, 0.2) is 31.0 Å². The highest BCUT2D eigenvalue weighted by Crippen LogP contribution is 2.05. The van der Waals surface area contributed by atoms with E-state index in [1.807, 2.05) is 29.9 Å². The predicted molar refractivity (Wildman–Crippen MR) is 62.9 cm³/mol. The van der Waals surface area contributed by atoms with Crippen molar-refractivity contribution in [1.82, 2.24) is 9.47 Å². The molecule has 0 unspecified atom stereocenters. The first-order chi connectivity index (χ1) is 7.69. The largest absolute Gasteiger partial charge is 0.375 e. The molecule has 0 aromatic carbocycles. The fourth-order valence-corrected chi connectivity index (χ4v) is 1.48. The molecule has 0 N–H and O–H groups in total. The van der Waals surface area contributed by atoms with Crippen LogP contribution in [0.1, 0.15) is 5.69 Å². The summed E-state index contributed by atoms with van der Waals surface area (Å²) in [5.41, 5.74) is 1.09. The molecule has 1 amide bonds. The minimum Gasteiger partial charge on any atom is -0.375 e. The lowest BCUT2D eigenvalue weighted by Gasteiger charge is -2.21. The number of carbonyl (C=O) groups is 1. The van der Waals surface area contributed by atoms with Gasteiger partial charge in [-0.2, -0.15) is 0 Å². The van der Waals surface area contributed by atoms with E-state index >= 15 is 0 Å². The van der Waals surface area contributed by atoms with Gasteiger partial charge in [0, 0.05) is 32.6 Å². The van der Waals surface area contributed by atoms with Crippen LogP contribution in [0.2, 0.25) is 0 Å². The molecule has 1 heterocycles. The van der Waals surface area contributed by atoms with Crippen molar-refractivity contribution in [2.24, 2.45) is 7.05 Å². The summed E-state index contributed by atoms with van der Waals surface area (Å²) in [7, 11) is 3.48. The van der Waals surface area contributed by atoms with Gasteiger partial charge in [0.15, 0.2) is 0 Å². The van der Waals surface area contributed by atoms with Gasteiger partial charge in [-0.1, -0.05) is 6.08 Å². The fraction of sp³-hybridized carbons (Fsp3) is 0.417. The first kappa shape index (κ1) is 12.5. The van der Waals surface area contributed by atoms with Crippen LogP contribution in [0.4, 0.5) is 0 Å². The Morgan fingerprint density at radius 3 is 2.94 bits per heavy atom. The molecule has 0 bridgehead atoms. The van der Waals surface area contributed by atoms with Crippen LogP contribution >= 0.6 is 0 Å². The molecule has 4 heteroatoms. The Balaban J connectivity index is 2.67. The number of hydrogen-bond donors (Lipinski definition) is 0.